The van der Waals surface area contributed by atoms with Gasteiger partial charge in [0.25, 0.3) is 0 Å². The molecule has 1 heterocycles. The second-order valence-corrected chi connectivity index (χ2v) is 5.63. The Bertz CT molecular complexity index is 359. The standard InChI is InChI=1S/C10H19N5S2/c1-7(13-2)3-4-16-5-8-6-17-10(14-8)15-9(11)12/h6-7,13H,3-5H2,1-2H3,(H4,11,12,14,15). The molecule has 0 spiro atoms. The third-order valence-electron chi connectivity index (χ3n) is 2.20. The predicted molar refractivity (Wildman–Crippen MR) is 76.9 cm³/mol. The van der Waals surface area contributed by atoms with E-state index in [0.29, 0.717) is 11.2 Å². The molecule has 1 aromatic rings. The van der Waals surface area contributed by atoms with E-state index in [2.05, 4.69) is 22.2 Å². The predicted octanol–water partition coefficient (Wildman–Crippen LogP) is 1.28. The molecule has 1 unspecified atom stereocenters. The van der Waals surface area contributed by atoms with Gasteiger partial charge >= 0.3 is 0 Å². The van der Waals surface area contributed by atoms with Gasteiger partial charge in [0.15, 0.2) is 5.96 Å². The molecule has 0 radical (unpaired) electrons. The lowest BCUT2D eigenvalue weighted by Crippen LogP contribution is -2.21. The van der Waals surface area contributed by atoms with Crippen LogP contribution in [0.1, 0.15) is 19.0 Å². The third kappa shape index (κ3) is 5.90. The van der Waals surface area contributed by atoms with Gasteiger partial charge in [0.2, 0.25) is 5.13 Å². The molecule has 96 valence electrons. The van der Waals surface area contributed by atoms with Gasteiger partial charge in [-0.3, -0.25) is 0 Å². The molecule has 0 aliphatic heterocycles. The lowest BCUT2D eigenvalue weighted by atomic mass is 10.3. The highest BCUT2D eigenvalue weighted by Crippen LogP contribution is 2.22. The van der Waals surface area contributed by atoms with Gasteiger partial charge in [-0.25, -0.2) is 4.98 Å². The van der Waals surface area contributed by atoms with Crippen LogP contribution in [0, 0.1) is 0 Å². The zero-order valence-electron chi connectivity index (χ0n) is 10.1. The highest BCUT2D eigenvalue weighted by Gasteiger charge is 2.02. The summed E-state index contributed by atoms with van der Waals surface area (Å²) in [6.45, 7) is 2.18. The lowest BCUT2D eigenvalue weighted by molar-refractivity contribution is 0.597. The number of nitrogens with two attached hydrogens (primary N) is 2. The Kier molecular flexibility index (Phi) is 6.31. The Balaban J connectivity index is 2.28. The minimum absolute atomic E-state index is 0.0569. The Morgan fingerprint density at radius 3 is 3.06 bits per heavy atom. The number of thioether (sulfide) groups is 1. The number of hydrogen-bond donors (Lipinski definition) is 3. The maximum absolute atomic E-state index is 5.29. The highest BCUT2D eigenvalue weighted by molar-refractivity contribution is 7.98. The number of thiazole rings is 1. The molecule has 17 heavy (non-hydrogen) atoms. The number of aromatic nitrogens is 1. The van der Waals surface area contributed by atoms with E-state index < -0.39 is 0 Å². The topological polar surface area (TPSA) is 89.3 Å². The van der Waals surface area contributed by atoms with Crippen LogP contribution in [-0.2, 0) is 5.75 Å². The molecule has 0 fully saturated rings. The maximum Gasteiger partial charge on any atom is 0.212 e. The number of hydrogen-bond acceptors (Lipinski definition) is 5. The molecule has 0 aliphatic rings. The first-order valence-corrected chi connectivity index (χ1v) is 7.44. The summed E-state index contributed by atoms with van der Waals surface area (Å²) in [4.78, 5) is 8.23. The Hall–Kier alpha value is -0.790. The summed E-state index contributed by atoms with van der Waals surface area (Å²) in [5.41, 5.74) is 11.6. The van der Waals surface area contributed by atoms with Gasteiger partial charge in [-0.1, -0.05) is 0 Å². The van der Waals surface area contributed by atoms with Crippen LogP contribution in [0.5, 0.6) is 0 Å². The first-order chi connectivity index (χ1) is 8.11. The highest BCUT2D eigenvalue weighted by atomic mass is 32.2. The minimum Gasteiger partial charge on any atom is -0.370 e. The van der Waals surface area contributed by atoms with Gasteiger partial charge in [-0.05, 0) is 26.1 Å². The Morgan fingerprint density at radius 2 is 2.41 bits per heavy atom. The number of nitrogens with one attached hydrogen (secondary N) is 1. The van der Waals surface area contributed by atoms with Crippen LogP contribution in [-0.4, -0.2) is 29.8 Å². The smallest absolute Gasteiger partial charge is 0.212 e. The molecule has 5 N–H and O–H groups in total. The third-order valence-corrected chi connectivity index (χ3v) is 4.01. The molecule has 7 heteroatoms. The SMILES string of the molecule is CNC(C)CCSCc1csc(N=C(N)N)n1. The Morgan fingerprint density at radius 1 is 1.65 bits per heavy atom. The van der Waals surface area contributed by atoms with Crippen LogP contribution in [0.2, 0.25) is 0 Å². The second-order valence-electron chi connectivity index (χ2n) is 3.69. The van der Waals surface area contributed by atoms with Crippen molar-refractivity contribution in [1.29, 1.82) is 0 Å². The van der Waals surface area contributed by atoms with E-state index in [1.807, 2.05) is 24.2 Å². The van der Waals surface area contributed by atoms with Crippen LogP contribution in [0.15, 0.2) is 10.4 Å². The van der Waals surface area contributed by atoms with E-state index >= 15 is 0 Å². The van der Waals surface area contributed by atoms with Crippen LogP contribution in [0.4, 0.5) is 5.13 Å². The van der Waals surface area contributed by atoms with Crippen molar-refractivity contribution in [2.24, 2.45) is 16.5 Å². The number of aliphatic imine (C=N–C) groups is 1. The monoisotopic (exact) mass is 273 g/mol. The van der Waals surface area contributed by atoms with Crippen LogP contribution in [0.25, 0.3) is 0 Å². The summed E-state index contributed by atoms with van der Waals surface area (Å²) in [5, 5.41) is 5.84. The molecule has 0 saturated heterocycles. The van der Waals surface area contributed by atoms with Gasteiger partial charge in [-0.2, -0.15) is 16.8 Å². The van der Waals surface area contributed by atoms with Crippen LogP contribution < -0.4 is 16.8 Å². The van der Waals surface area contributed by atoms with Crippen molar-refractivity contribution >= 4 is 34.2 Å². The average Bonchev–Trinajstić information content (AvgIpc) is 2.70. The van der Waals surface area contributed by atoms with E-state index in [1.54, 1.807) is 0 Å². The molecule has 0 amide bonds. The minimum atomic E-state index is 0.0569. The van der Waals surface area contributed by atoms with Gasteiger partial charge in [0.05, 0.1) is 5.69 Å². The van der Waals surface area contributed by atoms with Crippen LogP contribution in [0.3, 0.4) is 0 Å². The van der Waals surface area contributed by atoms with E-state index in [4.69, 9.17) is 11.5 Å². The normalized spacial score (nSPS) is 12.4. The zero-order valence-corrected chi connectivity index (χ0v) is 11.8. The van der Waals surface area contributed by atoms with Crippen LogP contribution >= 0.6 is 23.1 Å². The van der Waals surface area contributed by atoms with E-state index in [1.165, 1.54) is 11.3 Å². The van der Waals surface area contributed by atoms with Gasteiger partial charge in [-0.15, -0.1) is 11.3 Å². The number of guanidine groups is 1. The van der Waals surface area contributed by atoms with Gasteiger partial charge < -0.3 is 16.8 Å². The maximum atomic E-state index is 5.29. The zero-order chi connectivity index (χ0) is 12.7. The summed E-state index contributed by atoms with van der Waals surface area (Å²) in [6.07, 6.45) is 1.16. The van der Waals surface area contributed by atoms with E-state index in [9.17, 15) is 0 Å². The molecular formula is C10H19N5S2. The molecule has 1 aromatic heterocycles. The summed E-state index contributed by atoms with van der Waals surface area (Å²) in [6, 6.07) is 0.565. The van der Waals surface area contributed by atoms with Crippen molar-refractivity contribution in [2.45, 2.75) is 25.1 Å². The first kappa shape index (κ1) is 14.3. The molecule has 1 rings (SSSR count). The van der Waals surface area contributed by atoms with Crippen molar-refractivity contribution in [3.05, 3.63) is 11.1 Å². The van der Waals surface area contributed by atoms with Crippen molar-refractivity contribution in [3.8, 4) is 0 Å². The fourth-order valence-electron chi connectivity index (χ4n) is 1.11. The number of rotatable bonds is 7. The average molecular weight is 273 g/mol. The van der Waals surface area contributed by atoms with Crippen molar-refractivity contribution in [2.75, 3.05) is 12.8 Å². The van der Waals surface area contributed by atoms with E-state index in [-0.39, 0.29) is 5.96 Å². The van der Waals surface area contributed by atoms with Crippen molar-refractivity contribution in [1.82, 2.24) is 10.3 Å². The number of nitrogens with zero attached hydrogens (tertiary/aromatic N) is 2. The van der Waals surface area contributed by atoms with E-state index in [0.717, 1.165) is 23.6 Å². The molecule has 5 nitrogen and oxygen atoms in total. The molecular weight excluding hydrogens is 254 g/mol. The summed E-state index contributed by atoms with van der Waals surface area (Å²) < 4.78 is 0. The molecule has 0 bridgehead atoms. The van der Waals surface area contributed by atoms with Crippen molar-refractivity contribution < 1.29 is 0 Å². The van der Waals surface area contributed by atoms with Gasteiger partial charge in [0.1, 0.15) is 0 Å². The molecule has 0 aromatic carbocycles. The second kappa shape index (κ2) is 7.52. The summed E-state index contributed by atoms with van der Waals surface area (Å²) in [7, 11) is 1.98. The first-order valence-electron chi connectivity index (χ1n) is 5.41. The summed E-state index contributed by atoms with van der Waals surface area (Å²) in [5.74, 6) is 2.09. The lowest BCUT2D eigenvalue weighted by Gasteiger charge is -2.08. The largest absolute Gasteiger partial charge is 0.370 e. The fraction of sp³-hybridized carbons (Fsp3) is 0.600. The van der Waals surface area contributed by atoms with Gasteiger partial charge in [0, 0.05) is 17.2 Å². The Labute approximate surface area is 110 Å². The molecule has 0 saturated carbocycles. The quantitative estimate of drug-likeness (QED) is 0.395. The summed E-state index contributed by atoms with van der Waals surface area (Å²) >= 11 is 3.34. The fourth-order valence-corrected chi connectivity index (χ4v) is 2.94. The van der Waals surface area contributed by atoms with Crippen molar-refractivity contribution in [3.63, 3.8) is 0 Å². The molecule has 1 atom stereocenters. The molecule has 0 aliphatic carbocycles.